The number of urea groups is 1. The zero-order valence-electron chi connectivity index (χ0n) is 16.3. The zero-order valence-corrected chi connectivity index (χ0v) is 16.3. The van der Waals surface area contributed by atoms with E-state index in [4.69, 9.17) is 9.84 Å². The highest BCUT2D eigenvalue weighted by atomic mass is 16.5. The molecular weight excluding hydrogens is 352 g/mol. The van der Waals surface area contributed by atoms with Gasteiger partial charge in [0.1, 0.15) is 5.82 Å². The molecule has 0 fully saturated rings. The molecule has 3 aromatic rings. The van der Waals surface area contributed by atoms with E-state index in [1.165, 1.54) is 5.56 Å². The van der Waals surface area contributed by atoms with Crippen molar-refractivity contribution >= 4 is 11.8 Å². The van der Waals surface area contributed by atoms with E-state index in [1.54, 1.807) is 7.11 Å². The molecule has 6 nitrogen and oxygen atoms in total. The molecule has 0 saturated carbocycles. The lowest BCUT2D eigenvalue weighted by molar-refractivity contribution is 0.194. The molecule has 2 amide bonds. The molecule has 0 unspecified atom stereocenters. The van der Waals surface area contributed by atoms with E-state index < -0.39 is 0 Å². The number of carbonyl (C=O) groups is 1. The van der Waals surface area contributed by atoms with Gasteiger partial charge in [0, 0.05) is 31.9 Å². The second-order valence-corrected chi connectivity index (χ2v) is 6.65. The number of benzene rings is 2. The first-order valence-electron chi connectivity index (χ1n) is 9.38. The summed E-state index contributed by atoms with van der Waals surface area (Å²) >= 11 is 0. The van der Waals surface area contributed by atoms with Gasteiger partial charge in [0.2, 0.25) is 0 Å². The molecule has 0 saturated heterocycles. The average molecular weight is 378 g/mol. The van der Waals surface area contributed by atoms with Crippen molar-refractivity contribution in [3.05, 3.63) is 71.8 Å². The Morgan fingerprint density at radius 2 is 1.93 bits per heavy atom. The molecule has 0 atom stereocenters. The fraction of sp³-hybridized carbons (Fsp3) is 0.273. The van der Waals surface area contributed by atoms with Crippen LogP contribution >= 0.6 is 0 Å². The number of nitrogens with one attached hydrogen (secondary N) is 2. The van der Waals surface area contributed by atoms with Gasteiger partial charge in [-0.15, -0.1) is 0 Å². The van der Waals surface area contributed by atoms with Crippen molar-refractivity contribution in [1.29, 1.82) is 0 Å². The van der Waals surface area contributed by atoms with Gasteiger partial charge in [-0.1, -0.05) is 54.1 Å². The van der Waals surface area contributed by atoms with Gasteiger partial charge < -0.3 is 10.1 Å². The van der Waals surface area contributed by atoms with Crippen molar-refractivity contribution in [3.63, 3.8) is 0 Å². The van der Waals surface area contributed by atoms with E-state index in [0.29, 0.717) is 25.5 Å². The quantitative estimate of drug-likeness (QED) is 0.581. The molecular formula is C22H26N4O2. The van der Waals surface area contributed by atoms with Crippen LogP contribution < -0.4 is 10.6 Å². The smallest absolute Gasteiger partial charge is 0.320 e. The topological polar surface area (TPSA) is 68.2 Å². The third-order valence-electron chi connectivity index (χ3n) is 4.32. The Kier molecular flexibility index (Phi) is 6.81. The van der Waals surface area contributed by atoms with Gasteiger partial charge in [0.25, 0.3) is 0 Å². The summed E-state index contributed by atoms with van der Waals surface area (Å²) in [5.41, 5.74) is 4.13. The van der Waals surface area contributed by atoms with E-state index in [-0.39, 0.29) is 6.03 Å². The first-order valence-corrected chi connectivity index (χ1v) is 9.38. The summed E-state index contributed by atoms with van der Waals surface area (Å²) < 4.78 is 6.82. The Hall–Kier alpha value is -3.12. The molecule has 28 heavy (non-hydrogen) atoms. The standard InChI is InChI=1S/C22H26N4O2/c1-17-8-6-11-19(14-17)20-15-21(24-22(27)23-12-7-13-28-2)26(25-20)16-18-9-4-3-5-10-18/h3-6,8-11,14-15H,7,12-13,16H2,1-2H3,(H2,23,24,27). The number of hydrogen-bond acceptors (Lipinski definition) is 3. The molecule has 2 aromatic carbocycles. The molecule has 0 bridgehead atoms. The van der Waals surface area contributed by atoms with E-state index in [1.807, 2.05) is 53.2 Å². The highest BCUT2D eigenvalue weighted by molar-refractivity contribution is 5.89. The maximum Gasteiger partial charge on any atom is 0.320 e. The Labute approximate surface area is 165 Å². The number of methoxy groups -OCH3 is 1. The van der Waals surface area contributed by atoms with Crippen LogP contribution in [0.1, 0.15) is 17.5 Å². The van der Waals surface area contributed by atoms with Gasteiger partial charge in [0.05, 0.1) is 12.2 Å². The monoisotopic (exact) mass is 378 g/mol. The Morgan fingerprint density at radius 3 is 2.68 bits per heavy atom. The molecule has 0 aliphatic heterocycles. The molecule has 0 aliphatic carbocycles. The second kappa shape index (κ2) is 9.71. The average Bonchev–Trinajstić information content (AvgIpc) is 3.08. The van der Waals surface area contributed by atoms with Crippen LogP contribution in [0.3, 0.4) is 0 Å². The first-order chi connectivity index (χ1) is 13.7. The number of ether oxygens (including phenoxy) is 1. The molecule has 1 heterocycles. The van der Waals surface area contributed by atoms with Crippen LogP contribution in [0.2, 0.25) is 0 Å². The normalized spacial score (nSPS) is 10.6. The number of hydrogen-bond donors (Lipinski definition) is 2. The Morgan fingerprint density at radius 1 is 1.11 bits per heavy atom. The predicted octanol–water partition coefficient (Wildman–Crippen LogP) is 4.06. The van der Waals surface area contributed by atoms with Gasteiger partial charge in [-0.05, 0) is 25.0 Å². The van der Waals surface area contributed by atoms with Crippen LogP contribution in [0, 0.1) is 6.92 Å². The summed E-state index contributed by atoms with van der Waals surface area (Å²) in [5.74, 6) is 0.657. The lowest BCUT2D eigenvalue weighted by atomic mass is 10.1. The number of amides is 2. The summed E-state index contributed by atoms with van der Waals surface area (Å²) in [4.78, 5) is 12.3. The van der Waals surface area contributed by atoms with Crippen LogP contribution in [0.15, 0.2) is 60.7 Å². The van der Waals surface area contributed by atoms with E-state index in [0.717, 1.165) is 23.2 Å². The summed E-state index contributed by atoms with van der Waals surface area (Å²) in [6.07, 6.45) is 0.766. The highest BCUT2D eigenvalue weighted by Crippen LogP contribution is 2.23. The zero-order chi connectivity index (χ0) is 19.8. The van der Waals surface area contributed by atoms with Crippen molar-refractivity contribution in [3.8, 4) is 11.3 Å². The summed E-state index contributed by atoms with van der Waals surface area (Å²) in [6, 6.07) is 19.9. The minimum absolute atomic E-state index is 0.249. The summed E-state index contributed by atoms with van der Waals surface area (Å²) in [7, 11) is 1.65. The Balaban J connectivity index is 1.80. The molecule has 3 rings (SSSR count). The van der Waals surface area contributed by atoms with Crippen LogP contribution in [0.25, 0.3) is 11.3 Å². The minimum Gasteiger partial charge on any atom is -0.385 e. The number of nitrogens with zero attached hydrogens (tertiary/aromatic N) is 2. The maximum atomic E-state index is 12.3. The molecule has 0 radical (unpaired) electrons. The largest absolute Gasteiger partial charge is 0.385 e. The van der Waals surface area contributed by atoms with Crippen LogP contribution in [0.5, 0.6) is 0 Å². The number of carbonyl (C=O) groups excluding carboxylic acids is 1. The third-order valence-corrected chi connectivity index (χ3v) is 4.32. The van der Waals surface area contributed by atoms with Gasteiger partial charge in [-0.3, -0.25) is 5.32 Å². The number of rotatable bonds is 8. The van der Waals surface area contributed by atoms with Gasteiger partial charge in [0.15, 0.2) is 0 Å². The third kappa shape index (κ3) is 5.44. The fourth-order valence-corrected chi connectivity index (χ4v) is 2.92. The first kappa shape index (κ1) is 19.6. The second-order valence-electron chi connectivity index (χ2n) is 6.65. The van der Waals surface area contributed by atoms with E-state index in [9.17, 15) is 4.79 Å². The molecule has 146 valence electrons. The Bertz CT molecular complexity index is 906. The predicted molar refractivity (Wildman–Crippen MR) is 111 cm³/mol. The fourth-order valence-electron chi connectivity index (χ4n) is 2.92. The molecule has 0 spiro atoms. The number of aryl methyl sites for hydroxylation is 1. The van der Waals surface area contributed by atoms with Crippen LogP contribution in [0.4, 0.5) is 10.6 Å². The van der Waals surface area contributed by atoms with Gasteiger partial charge in [-0.2, -0.15) is 5.10 Å². The lowest BCUT2D eigenvalue weighted by Gasteiger charge is -2.10. The van der Waals surface area contributed by atoms with Gasteiger partial charge in [-0.25, -0.2) is 9.48 Å². The minimum atomic E-state index is -0.249. The van der Waals surface area contributed by atoms with Crippen molar-refractivity contribution < 1.29 is 9.53 Å². The van der Waals surface area contributed by atoms with E-state index in [2.05, 4.69) is 29.7 Å². The maximum absolute atomic E-state index is 12.3. The van der Waals surface area contributed by atoms with Gasteiger partial charge >= 0.3 is 6.03 Å². The van der Waals surface area contributed by atoms with Crippen LogP contribution in [-0.2, 0) is 11.3 Å². The highest BCUT2D eigenvalue weighted by Gasteiger charge is 2.13. The van der Waals surface area contributed by atoms with Crippen molar-refractivity contribution in [2.45, 2.75) is 19.9 Å². The van der Waals surface area contributed by atoms with Crippen molar-refractivity contribution in [1.82, 2.24) is 15.1 Å². The number of aromatic nitrogens is 2. The SMILES string of the molecule is COCCCNC(=O)Nc1cc(-c2cccc(C)c2)nn1Cc1ccccc1. The van der Waals surface area contributed by atoms with Crippen LogP contribution in [-0.4, -0.2) is 36.1 Å². The number of anilines is 1. The molecule has 0 aliphatic rings. The molecule has 1 aromatic heterocycles. The molecule has 6 heteroatoms. The summed E-state index contributed by atoms with van der Waals surface area (Å²) in [6.45, 7) is 3.80. The van der Waals surface area contributed by atoms with Crippen molar-refractivity contribution in [2.75, 3.05) is 25.6 Å². The van der Waals surface area contributed by atoms with E-state index >= 15 is 0 Å². The lowest BCUT2D eigenvalue weighted by Crippen LogP contribution is -2.31. The summed E-state index contributed by atoms with van der Waals surface area (Å²) in [5, 5.41) is 10.5. The molecule has 2 N–H and O–H groups in total. The van der Waals surface area contributed by atoms with Crippen molar-refractivity contribution in [2.24, 2.45) is 0 Å².